The molecule has 1 unspecified atom stereocenters. The van der Waals surface area contributed by atoms with Gasteiger partial charge in [-0.15, -0.1) is 0 Å². The van der Waals surface area contributed by atoms with Crippen molar-refractivity contribution in [3.8, 4) is 5.75 Å². The van der Waals surface area contributed by atoms with Crippen molar-refractivity contribution in [2.75, 3.05) is 6.61 Å². The Hall–Kier alpha value is -2.80. The molecule has 1 aliphatic heterocycles. The van der Waals surface area contributed by atoms with Gasteiger partial charge < -0.3 is 20.1 Å². The van der Waals surface area contributed by atoms with E-state index in [1.165, 1.54) is 0 Å². The van der Waals surface area contributed by atoms with Gasteiger partial charge in [0.15, 0.2) is 0 Å². The zero-order valence-electron chi connectivity index (χ0n) is 17.2. The first-order valence-corrected chi connectivity index (χ1v) is 10.6. The van der Waals surface area contributed by atoms with Gasteiger partial charge in [-0.2, -0.15) is 0 Å². The lowest BCUT2D eigenvalue weighted by Gasteiger charge is -2.28. The van der Waals surface area contributed by atoms with E-state index in [0.717, 1.165) is 15.6 Å². The molecule has 0 bridgehead atoms. The van der Waals surface area contributed by atoms with E-state index < -0.39 is 12.0 Å². The quantitative estimate of drug-likeness (QED) is 0.564. The Labute approximate surface area is 184 Å². The normalized spacial score (nSPS) is 16.2. The number of amides is 2. The number of carbonyl (C=O) groups is 2. The molecule has 0 fully saturated rings. The summed E-state index contributed by atoms with van der Waals surface area (Å²) in [5.74, 6) is 0.488. The van der Waals surface area contributed by atoms with E-state index in [4.69, 9.17) is 9.47 Å². The van der Waals surface area contributed by atoms with Crippen LogP contribution in [0.4, 0.5) is 4.79 Å². The molecular weight excluding hydrogens is 448 g/mol. The number of benzene rings is 2. The molecule has 3 rings (SSSR count). The summed E-state index contributed by atoms with van der Waals surface area (Å²) in [5.41, 5.74) is 2.73. The van der Waals surface area contributed by atoms with Crippen LogP contribution in [0, 0.1) is 5.92 Å². The summed E-state index contributed by atoms with van der Waals surface area (Å²) in [6.45, 7) is 6.41. The summed E-state index contributed by atoms with van der Waals surface area (Å²) in [5, 5.41) is 5.46. The number of esters is 1. The van der Waals surface area contributed by atoms with Crippen molar-refractivity contribution in [2.45, 2.75) is 33.4 Å². The minimum Gasteiger partial charge on any atom is -0.489 e. The molecule has 0 radical (unpaired) electrons. The van der Waals surface area contributed by atoms with Crippen LogP contribution in [-0.4, -0.2) is 18.6 Å². The van der Waals surface area contributed by atoms with Crippen LogP contribution in [0.5, 0.6) is 5.75 Å². The van der Waals surface area contributed by atoms with Gasteiger partial charge in [-0.05, 0) is 48.2 Å². The highest BCUT2D eigenvalue weighted by Gasteiger charge is 2.32. The maximum Gasteiger partial charge on any atom is 0.338 e. The molecule has 6 nitrogen and oxygen atoms in total. The standard InChI is InChI=1S/C23H25BrN2O4/c1-14(2)12-30-22(27)20-15(3)25-23(28)26-21(20)17-6-10-19(11-7-17)29-13-16-4-8-18(24)9-5-16/h4-11,14,21H,12-13H2,1-3H3,(H2,25,26,28). The molecule has 1 atom stereocenters. The fourth-order valence-corrected chi connectivity index (χ4v) is 3.30. The van der Waals surface area contributed by atoms with Crippen molar-refractivity contribution in [1.82, 2.24) is 10.6 Å². The van der Waals surface area contributed by atoms with E-state index in [-0.39, 0.29) is 11.9 Å². The zero-order valence-corrected chi connectivity index (χ0v) is 18.8. The Morgan fingerprint density at radius 1 is 1.10 bits per heavy atom. The Balaban J connectivity index is 1.73. The second-order valence-corrected chi connectivity index (χ2v) is 8.46. The molecule has 2 aromatic rings. The lowest BCUT2D eigenvalue weighted by molar-refractivity contribution is -0.140. The van der Waals surface area contributed by atoms with Crippen molar-refractivity contribution in [3.63, 3.8) is 0 Å². The minimum absolute atomic E-state index is 0.224. The molecule has 2 N–H and O–H groups in total. The summed E-state index contributed by atoms with van der Waals surface area (Å²) >= 11 is 3.42. The lowest BCUT2D eigenvalue weighted by atomic mass is 9.95. The summed E-state index contributed by atoms with van der Waals surface area (Å²) in [4.78, 5) is 24.7. The maximum atomic E-state index is 12.7. The fourth-order valence-electron chi connectivity index (χ4n) is 3.04. The predicted molar refractivity (Wildman–Crippen MR) is 118 cm³/mol. The first kappa shape index (κ1) is 21.9. The van der Waals surface area contributed by atoms with Gasteiger partial charge in [0.25, 0.3) is 0 Å². The second-order valence-electron chi connectivity index (χ2n) is 7.55. The predicted octanol–water partition coefficient (Wildman–Crippen LogP) is 4.86. The van der Waals surface area contributed by atoms with Crippen LogP contribution < -0.4 is 15.4 Å². The van der Waals surface area contributed by atoms with E-state index in [0.29, 0.717) is 30.2 Å². The molecule has 7 heteroatoms. The van der Waals surface area contributed by atoms with Gasteiger partial charge in [0.1, 0.15) is 12.4 Å². The highest BCUT2D eigenvalue weighted by atomic mass is 79.9. The third-order valence-corrected chi connectivity index (χ3v) is 5.10. The third kappa shape index (κ3) is 5.63. The Morgan fingerprint density at radius 3 is 2.40 bits per heavy atom. The SMILES string of the molecule is CC1=C(C(=O)OCC(C)C)C(c2ccc(OCc3ccc(Br)cc3)cc2)NC(=O)N1. The number of halogens is 1. The van der Waals surface area contributed by atoms with E-state index in [1.54, 1.807) is 6.92 Å². The van der Waals surface area contributed by atoms with Gasteiger partial charge in [0.2, 0.25) is 0 Å². The number of allylic oxidation sites excluding steroid dienone is 1. The summed E-state index contributed by atoms with van der Waals surface area (Å²) in [7, 11) is 0. The minimum atomic E-state index is -0.584. The molecule has 0 spiro atoms. The van der Waals surface area contributed by atoms with Gasteiger partial charge in [0.05, 0.1) is 18.2 Å². The van der Waals surface area contributed by atoms with E-state index in [2.05, 4.69) is 26.6 Å². The van der Waals surface area contributed by atoms with Crippen LogP contribution in [0.1, 0.15) is 37.9 Å². The molecule has 0 saturated heterocycles. The number of ether oxygens (including phenoxy) is 2. The topological polar surface area (TPSA) is 76.7 Å². The van der Waals surface area contributed by atoms with E-state index in [9.17, 15) is 9.59 Å². The molecule has 2 aromatic carbocycles. The van der Waals surface area contributed by atoms with Gasteiger partial charge in [-0.3, -0.25) is 0 Å². The van der Waals surface area contributed by atoms with Crippen LogP contribution in [0.3, 0.4) is 0 Å². The van der Waals surface area contributed by atoms with Crippen LogP contribution in [0.2, 0.25) is 0 Å². The average Bonchev–Trinajstić information content (AvgIpc) is 2.71. The molecule has 158 valence electrons. The van der Waals surface area contributed by atoms with Crippen LogP contribution in [-0.2, 0) is 16.1 Å². The van der Waals surface area contributed by atoms with Gasteiger partial charge in [-0.1, -0.05) is 54.0 Å². The number of hydrogen-bond donors (Lipinski definition) is 2. The Kier molecular flexibility index (Phi) is 7.15. The first-order valence-electron chi connectivity index (χ1n) is 9.76. The molecule has 0 saturated carbocycles. The van der Waals surface area contributed by atoms with E-state index >= 15 is 0 Å². The van der Waals surface area contributed by atoms with E-state index in [1.807, 2.05) is 62.4 Å². The highest BCUT2D eigenvalue weighted by Crippen LogP contribution is 2.29. The fraction of sp³-hybridized carbons (Fsp3) is 0.304. The molecule has 1 heterocycles. The van der Waals surface area contributed by atoms with Crippen LogP contribution in [0.15, 0.2) is 64.3 Å². The summed E-state index contributed by atoms with van der Waals surface area (Å²) in [6.07, 6.45) is 0. The molecule has 1 aliphatic rings. The van der Waals surface area contributed by atoms with Crippen molar-refractivity contribution in [3.05, 3.63) is 75.4 Å². The van der Waals surface area contributed by atoms with Crippen molar-refractivity contribution >= 4 is 27.9 Å². The molecule has 2 amide bonds. The van der Waals surface area contributed by atoms with Gasteiger partial charge in [-0.25, -0.2) is 9.59 Å². The lowest BCUT2D eigenvalue weighted by Crippen LogP contribution is -2.45. The number of nitrogens with one attached hydrogen (secondary N) is 2. The van der Waals surface area contributed by atoms with Crippen molar-refractivity contribution < 1.29 is 19.1 Å². The van der Waals surface area contributed by atoms with Gasteiger partial charge >= 0.3 is 12.0 Å². The molecular formula is C23H25BrN2O4. The number of carbonyl (C=O) groups excluding carboxylic acids is 2. The van der Waals surface area contributed by atoms with Crippen molar-refractivity contribution in [1.29, 1.82) is 0 Å². The Bertz CT molecular complexity index is 937. The number of hydrogen-bond acceptors (Lipinski definition) is 4. The van der Waals surface area contributed by atoms with Gasteiger partial charge in [0, 0.05) is 10.2 Å². The third-order valence-electron chi connectivity index (χ3n) is 4.57. The largest absolute Gasteiger partial charge is 0.489 e. The van der Waals surface area contributed by atoms with Crippen LogP contribution >= 0.6 is 15.9 Å². The molecule has 0 aromatic heterocycles. The Morgan fingerprint density at radius 2 is 1.77 bits per heavy atom. The smallest absolute Gasteiger partial charge is 0.338 e. The first-order chi connectivity index (χ1) is 14.3. The zero-order chi connectivity index (χ0) is 21.7. The summed E-state index contributed by atoms with van der Waals surface area (Å²) < 4.78 is 12.3. The maximum absolute atomic E-state index is 12.7. The van der Waals surface area contributed by atoms with Crippen molar-refractivity contribution in [2.24, 2.45) is 5.92 Å². The number of urea groups is 1. The molecule has 30 heavy (non-hydrogen) atoms. The monoisotopic (exact) mass is 472 g/mol. The highest BCUT2D eigenvalue weighted by molar-refractivity contribution is 9.10. The average molecular weight is 473 g/mol. The second kappa shape index (κ2) is 9.80. The molecule has 0 aliphatic carbocycles. The number of rotatable bonds is 7. The van der Waals surface area contributed by atoms with Crippen LogP contribution in [0.25, 0.3) is 0 Å². The summed E-state index contributed by atoms with van der Waals surface area (Å²) in [6, 6.07) is 14.3.